The molecule has 150 valence electrons. The van der Waals surface area contributed by atoms with Crippen molar-refractivity contribution in [2.75, 3.05) is 19.6 Å². The Labute approximate surface area is 161 Å². The van der Waals surface area contributed by atoms with E-state index in [0.717, 1.165) is 45.1 Å². The Morgan fingerprint density at radius 1 is 1.00 bits per heavy atom. The van der Waals surface area contributed by atoms with Gasteiger partial charge in [-0.2, -0.15) is 0 Å². The molecule has 7 heteroatoms. The van der Waals surface area contributed by atoms with Crippen LogP contribution in [0.1, 0.15) is 58.3 Å². The highest BCUT2D eigenvalue weighted by molar-refractivity contribution is 5.82. The van der Waals surface area contributed by atoms with Crippen LogP contribution in [-0.2, 0) is 9.59 Å². The second kappa shape index (κ2) is 7.68. The fourth-order valence-corrected chi connectivity index (χ4v) is 4.98. The van der Waals surface area contributed by atoms with Crippen LogP contribution in [0.2, 0.25) is 0 Å². The summed E-state index contributed by atoms with van der Waals surface area (Å²) in [7, 11) is 0. The number of nitrogens with zero attached hydrogens (tertiary/aromatic N) is 2. The van der Waals surface area contributed by atoms with Crippen molar-refractivity contribution in [1.82, 2.24) is 20.4 Å². The number of amides is 4. The number of likely N-dealkylation sites (tertiary alicyclic amines) is 2. The van der Waals surface area contributed by atoms with Gasteiger partial charge in [0.2, 0.25) is 11.8 Å². The first-order valence-electron chi connectivity index (χ1n) is 10.7. The minimum Gasteiger partial charge on any atom is -0.340 e. The van der Waals surface area contributed by atoms with E-state index in [2.05, 4.69) is 17.6 Å². The lowest BCUT2D eigenvalue weighted by molar-refractivity contribution is -0.135. The summed E-state index contributed by atoms with van der Waals surface area (Å²) in [6.45, 7) is 4.12. The first kappa shape index (κ1) is 18.6. The molecule has 0 bridgehead atoms. The van der Waals surface area contributed by atoms with E-state index in [4.69, 9.17) is 0 Å². The minimum atomic E-state index is -0.213. The molecule has 2 saturated heterocycles. The molecule has 2 aliphatic heterocycles. The highest BCUT2D eigenvalue weighted by atomic mass is 16.2. The molecule has 4 atom stereocenters. The van der Waals surface area contributed by atoms with E-state index >= 15 is 0 Å². The van der Waals surface area contributed by atoms with Crippen molar-refractivity contribution in [1.29, 1.82) is 0 Å². The third-order valence-electron chi connectivity index (χ3n) is 6.75. The van der Waals surface area contributed by atoms with Crippen LogP contribution >= 0.6 is 0 Å². The molecule has 4 unspecified atom stereocenters. The van der Waals surface area contributed by atoms with Crippen LogP contribution in [0.3, 0.4) is 0 Å². The summed E-state index contributed by atoms with van der Waals surface area (Å²) in [5, 5.41) is 5.96. The highest BCUT2D eigenvalue weighted by Crippen LogP contribution is 2.37. The average Bonchev–Trinajstić information content (AvgIpc) is 3.03. The molecule has 2 N–H and O–H groups in total. The Balaban J connectivity index is 1.20. The second-order valence-corrected chi connectivity index (χ2v) is 8.95. The van der Waals surface area contributed by atoms with E-state index in [1.807, 2.05) is 9.80 Å². The Bertz CT molecular complexity index is 604. The van der Waals surface area contributed by atoms with Gasteiger partial charge < -0.3 is 20.4 Å². The van der Waals surface area contributed by atoms with Gasteiger partial charge in [-0.05, 0) is 31.6 Å². The molecule has 4 fully saturated rings. The van der Waals surface area contributed by atoms with Crippen LogP contribution in [0.4, 0.5) is 4.79 Å². The monoisotopic (exact) mass is 376 g/mol. The quantitative estimate of drug-likeness (QED) is 0.780. The first-order valence-corrected chi connectivity index (χ1v) is 10.7. The van der Waals surface area contributed by atoms with Gasteiger partial charge in [0.1, 0.15) is 0 Å². The topological polar surface area (TPSA) is 81.8 Å². The third-order valence-corrected chi connectivity index (χ3v) is 6.75. The van der Waals surface area contributed by atoms with Crippen molar-refractivity contribution in [3.05, 3.63) is 0 Å². The van der Waals surface area contributed by atoms with Crippen LogP contribution in [0.15, 0.2) is 0 Å². The molecule has 27 heavy (non-hydrogen) atoms. The lowest BCUT2D eigenvalue weighted by atomic mass is 9.88. The average molecular weight is 377 g/mol. The van der Waals surface area contributed by atoms with Crippen LogP contribution in [-0.4, -0.2) is 65.4 Å². The lowest BCUT2D eigenvalue weighted by Crippen LogP contribution is -2.48. The van der Waals surface area contributed by atoms with E-state index in [1.54, 1.807) is 0 Å². The van der Waals surface area contributed by atoms with Crippen molar-refractivity contribution in [2.45, 2.75) is 76.4 Å². The molecule has 2 heterocycles. The maximum atomic E-state index is 12.6. The predicted molar refractivity (Wildman–Crippen MR) is 101 cm³/mol. The van der Waals surface area contributed by atoms with Gasteiger partial charge in [-0.15, -0.1) is 0 Å². The van der Waals surface area contributed by atoms with E-state index in [1.165, 1.54) is 6.42 Å². The Morgan fingerprint density at radius 3 is 2.41 bits per heavy atom. The van der Waals surface area contributed by atoms with Gasteiger partial charge in [-0.25, -0.2) is 4.79 Å². The van der Waals surface area contributed by atoms with Gasteiger partial charge in [0, 0.05) is 44.1 Å². The summed E-state index contributed by atoms with van der Waals surface area (Å²) >= 11 is 0. The number of urea groups is 1. The van der Waals surface area contributed by atoms with Crippen molar-refractivity contribution in [3.63, 3.8) is 0 Å². The summed E-state index contributed by atoms with van der Waals surface area (Å²) in [6, 6.07) is 0.0675. The molecular weight excluding hydrogens is 344 g/mol. The number of nitrogens with one attached hydrogen (secondary N) is 2. The summed E-state index contributed by atoms with van der Waals surface area (Å²) in [5.74, 6) is 1.20. The third kappa shape index (κ3) is 4.22. The standard InChI is InChI=1S/C20H32N4O3/c1-13-9-17(13)24-12-16(10-18(24)25)22-20(27)21-15-7-8-23(11-15)19(26)14-5-3-2-4-6-14/h13-17H,2-12H2,1H3,(H2,21,22,27). The minimum absolute atomic E-state index is 0.00852. The van der Waals surface area contributed by atoms with E-state index in [9.17, 15) is 14.4 Å². The maximum absolute atomic E-state index is 12.6. The Hall–Kier alpha value is -1.79. The number of rotatable bonds is 4. The second-order valence-electron chi connectivity index (χ2n) is 8.95. The van der Waals surface area contributed by atoms with E-state index in [-0.39, 0.29) is 35.8 Å². The van der Waals surface area contributed by atoms with Gasteiger partial charge >= 0.3 is 6.03 Å². The number of hydrogen-bond acceptors (Lipinski definition) is 3. The predicted octanol–water partition coefficient (Wildman–Crippen LogP) is 1.48. The summed E-state index contributed by atoms with van der Waals surface area (Å²) in [5.41, 5.74) is 0. The molecule has 0 aromatic heterocycles. The molecule has 0 spiro atoms. The number of carbonyl (C=O) groups excluding carboxylic acids is 3. The summed E-state index contributed by atoms with van der Waals surface area (Å²) in [6.07, 6.45) is 7.87. The summed E-state index contributed by atoms with van der Waals surface area (Å²) in [4.78, 5) is 40.9. The fourth-order valence-electron chi connectivity index (χ4n) is 4.98. The molecule has 0 aromatic rings. The molecule has 0 aromatic carbocycles. The smallest absolute Gasteiger partial charge is 0.315 e. The van der Waals surface area contributed by atoms with E-state index < -0.39 is 0 Å². The molecular formula is C20H32N4O3. The van der Waals surface area contributed by atoms with Gasteiger partial charge in [0.25, 0.3) is 0 Å². The molecule has 4 aliphatic rings. The lowest BCUT2D eigenvalue weighted by Gasteiger charge is -2.26. The van der Waals surface area contributed by atoms with Crippen LogP contribution in [0.5, 0.6) is 0 Å². The zero-order chi connectivity index (χ0) is 19.0. The number of carbonyl (C=O) groups is 3. The molecule has 2 aliphatic carbocycles. The van der Waals surface area contributed by atoms with Crippen molar-refractivity contribution < 1.29 is 14.4 Å². The van der Waals surface area contributed by atoms with Gasteiger partial charge in [0.15, 0.2) is 0 Å². The Morgan fingerprint density at radius 2 is 1.70 bits per heavy atom. The summed E-state index contributed by atoms with van der Waals surface area (Å²) < 4.78 is 0. The zero-order valence-corrected chi connectivity index (χ0v) is 16.3. The van der Waals surface area contributed by atoms with Crippen LogP contribution in [0, 0.1) is 11.8 Å². The molecule has 0 radical (unpaired) electrons. The largest absolute Gasteiger partial charge is 0.340 e. The SMILES string of the molecule is CC1CC1N1CC(NC(=O)NC2CCN(C(=O)C3CCCCC3)C2)CC1=O. The molecule has 7 nitrogen and oxygen atoms in total. The van der Waals surface area contributed by atoms with Crippen LogP contribution < -0.4 is 10.6 Å². The van der Waals surface area contributed by atoms with Gasteiger partial charge in [-0.3, -0.25) is 9.59 Å². The zero-order valence-electron chi connectivity index (χ0n) is 16.3. The fraction of sp³-hybridized carbons (Fsp3) is 0.850. The van der Waals surface area contributed by atoms with Crippen LogP contribution in [0.25, 0.3) is 0 Å². The molecule has 2 saturated carbocycles. The van der Waals surface area contributed by atoms with Gasteiger partial charge in [0.05, 0.1) is 6.04 Å². The number of hydrogen-bond donors (Lipinski definition) is 2. The first-order chi connectivity index (χ1) is 13.0. The van der Waals surface area contributed by atoms with Gasteiger partial charge in [-0.1, -0.05) is 26.2 Å². The van der Waals surface area contributed by atoms with Crippen molar-refractivity contribution >= 4 is 17.8 Å². The normalized spacial score (nSPS) is 34.0. The van der Waals surface area contributed by atoms with Crippen molar-refractivity contribution in [2.24, 2.45) is 11.8 Å². The highest BCUT2D eigenvalue weighted by Gasteiger charge is 2.45. The molecule has 4 amide bonds. The van der Waals surface area contributed by atoms with Crippen molar-refractivity contribution in [3.8, 4) is 0 Å². The Kier molecular flexibility index (Phi) is 5.28. The van der Waals surface area contributed by atoms with E-state index in [0.29, 0.717) is 31.5 Å². The molecule has 4 rings (SSSR count). The maximum Gasteiger partial charge on any atom is 0.315 e.